The van der Waals surface area contributed by atoms with Crippen LogP contribution in [0.4, 0.5) is 0 Å². The number of aliphatic hydroxyl groups excluding tert-OH is 1. The molecule has 0 heterocycles. The van der Waals surface area contributed by atoms with Crippen LogP contribution in [0.2, 0.25) is 0 Å². The molecular formula is C18H34NO3+. The molecule has 0 radical (unpaired) electrons. The standard InChI is InChI=1S/C18H34NO3/c1-19(2,3)12-17(20)13-21-4-5-22-18-9-14-6-15(10-18)8-16(7-14)11-18/h14-17,20H,4-13H2,1-3H3/q+1/t14?,15?,16?,17-,18?/m1/s1. The lowest BCUT2D eigenvalue weighted by Gasteiger charge is -2.56. The van der Waals surface area contributed by atoms with Gasteiger partial charge in [-0.2, -0.15) is 0 Å². The first-order valence-electron chi connectivity index (χ1n) is 9.04. The summed E-state index contributed by atoms with van der Waals surface area (Å²) >= 11 is 0. The minimum absolute atomic E-state index is 0.180. The predicted octanol–water partition coefficient (Wildman–Crippen LogP) is 2.06. The van der Waals surface area contributed by atoms with Crippen molar-refractivity contribution >= 4 is 0 Å². The third-order valence-electron chi connectivity index (χ3n) is 5.69. The molecule has 0 aromatic heterocycles. The number of likely N-dealkylation sites (N-methyl/N-ethyl adjacent to an activating group) is 1. The topological polar surface area (TPSA) is 38.7 Å². The SMILES string of the molecule is C[N+](C)(C)C[C@@H](O)COCCOC12CC3CC(CC(C3)C1)C2. The molecule has 4 heteroatoms. The first-order valence-corrected chi connectivity index (χ1v) is 9.04. The molecule has 4 aliphatic rings. The number of nitrogens with zero attached hydrogens (tertiary/aromatic N) is 1. The Balaban J connectivity index is 1.34. The summed E-state index contributed by atoms with van der Waals surface area (Å²) in [6, 6.07) is 0. The van der Waals surface area contributed by atoms with Crippen molar-refractivity contribution < 1.29 is 19.1 Å². The molecule has 1 N–H and O–H groups in total. The Morgan fingerprint density at radius 1 is 1.00 bits per heavy atom. The van der Waals surface area contributed by atoms with Gasteiger partial charge in [0.2, 0.25) is 0 Å². The van der Waals surface area contributed by atoms with Gasteiger partial charge in [0.15, 0.2) is 0 Å². The fraction of sp³-hybridized carbons (Fsp3) is 1.00. The van der Waals surface area contributed by atoms with E-state index in [-0.39, 0.29) is 11.7 Å². The Kier molecular flexibility index (Phi) is 4.84. The third kappa shape index (κ3) is 4.22. The van der Waals surface area contributed by atoms with Crippen LogP contribution in [0.25, 0.3) is 0 Å². The van der Waals surface area contributed by atoms with E-state index in [4.69, 9.17) is 9.47 Å². The Morgan fingerprint density at radius 3 is 2.05 bits per heavy atom. The quantitative estimate of drug-likeness (QED) is 0.551. The first-order chi connectivity index (χ1) is 10.3. The van der Waals surface area contributed by atoms with E-state index in [2.05, 4.69) is 21.1 Å². The predicted molar refractivity (Wildman–Crippen MR) is 86.6 cm³/mol. The van der Waals surface area contributed by atoms with Gasteiger partial charge < -0.3 is 19.1 Å². The Labute approximate surface area is 135 Å². The summed E-state index contributed by atoms with van der Waals surface area (Å²) in [5.74, 6) is 2.79. The fourth-order valence-corrected chi connectivity index (χ4v) is 5.43. The molecule has 1 atom stereocenters. The molecule has 4 aliphatic carbocycles. The lowest BCUT2D eigenvalue weighted by molar-refractivity contribution is -0.873. The molecule has 4 bridgehead atoms. The molecule has 0 saturated heterocycles. The molecular weight excluding hydrogens is 278 g/mol. The first kappa shape index (κ1) is 16.7. The minimum Gasteiger partial charge on any atom is -0.385 e. The van der Waals surface area contributed by atoms with Crippen molar-refractivity contribution in [2.75, 3.05) is 47.5 Å². The normalized spacial score (nSPS) is 38.5. The maximum atomic E-state index is 9.93. The van der Waals surface area contributed by atoms with E-state index < -0.39 is 0 Å². The van der Waals surface area contributed by atoms with Crippen molar-refractivity contribution in [3.63, 3.8) is 0 Å². The molecule has 4 nitrogen and oxygen atoms in total. The number of aliphatic hydroxyl groups is 1. The van der Waals surface area contributed by atoms with E-state index in [1.165, 1.54) is 38.5 Å². The van der Waals surface area contributed by atoms with E-state index in [0.29, 0.717) is 19.8 Å². The molecule has 0 aromatic carbocycles. The van der Waals surface area contributed by atoms with Crippen molar-refractivity contribution in [1.82, 2.24) is 0 Å². The molecule has 22 heavy (non-hydrogen) atoms. The Hall–Kier alpha value is -0.160. The second-order valence-electron chi connectivity index (χ2n) is 9.15. The van der Waals surface area contributed by atoms with Gasteiger partial charge in [-0.1, -0.05) is 0 Å². The number of hydrogen-bond donors (Lipinski definition) is 1. The van der Waals surface area contributed by atoms with Crippen LogP contribution in [-0.4, -0.2) is 68.8 Å². The van der Waals surface area contributed by atoms with E-state index in [1.54, 1.807) is 0 Å². The van der Waals surface area contributed by atoms with Crippen molar-refractivity contribution in [3.8, 4) is 0 Å². The van der Waals surface area contributed by atoms with E-state index in [1.807, 2.05) is 0 Å². The highest BCUT2D eigenvalue weighted by Crippen LogP contribution is 2.57. The van der Waals surface area contributed by atoms with Crippen molar-refractivity contribution in [3.05, 3.63) is 0 Å². The molecule has 0 aromatic rings. The van der Waals surface area contributed by atoms with Gasteiger partial charge in [-0.15, -0.1) is 0 Å². The lowest BCUT2D eigenvalue weighted by Crippen LogP contribution is -2.52. The zero-order valence-corrected chi connectivity index (χ0v) is 14.6. The number of quaternary nitrogens is 1. The van der Waals surface area contributed by atoms with Crippen molar-refractivity contribution in [1.29, 1.82) is 0 Å². The van der Waals surface area contributed by atoms with Gasteiger partial charge in [-0.25, -0.2) is 0 Å². The second kappa shape index (κ2) is 6.39. The highest BCUT2D eigenvalue weighted by molar-refractivity contribution is 5.03. The number of hydrogen-bond acceptors (Lipinski definition) is 3. The maximum Gasteiger partial charge on any atom is 0.126 e. The van der Waals surface area contributed by atoms with Crippen LogP contribution in [0.3, 0.4) is 0 Å². The largest absolute Gasteiger partial charge is 0.385 e. The van der Waals surface area contributed by atoms with Crippen LogP contribution in [0, 0.1) is 17.8 Å². The maximum absolute atomic E-state index is 9.93. The average Bonchev–Trinajstić information content (AvgIpc) is 2.34. The smallest absolute Gasteiger partial charge is 0.126 e. The molecule has 0 unspecified atom stereocenters. The summed E-state index contributed by atoms with van der Waals surface area (Å²) in [5.41, 5.74) is 0.180. The molecule has 4 rings (SSSR count). The van der Waals surface area contributed by atoms with Gasteiger partial charge in [-0.3, -0.25) is 0 Å². The molecule has 0 amide bonds. The van der Waals surface area contributed by atoms with Gasteiger partial charge in [-0.05, 0) is 56.3 Å². The molecule has 0 aliphatic heterocycles. The fourth-order valence-electron chi connectivity index (χ4n) is 5.43. The van der Waals surface area contributed by atoms with Crippen LogP contribution in [0.5, 0.6) is 0 Å². The third-order valence-corrected chi connectivity index (χ3v) is 5.69. The highest BCUT2D eigenvalue weighted by atomic mass is 16.5. The summed E-state index contributed by atoms with van der Waals surface area (Å²) in [7, 11) is 6.25. The molecule has 4 saturated carbocycles. The highest BCUT2D eigenvalue weighted by Gasteiger charge is 2.51. The Bertz CT molecular complexity index is 342. The van der Waals surface area contributed by atoms with Crippen molar-refractivity contribution in [2.45, 2.75) is 50.2 Å². The van der Waals surface area contributed by atoms with E-state index >= 15 is 0 Å². The summed E-state index contributed by atoms with van der Waals surface area (Å²) in [6.45, 7) is 2.43. The van der Waals surface area contributed by atoms with Crippen molar-refractivity contribution in [2.24, 2.45) is 17.8 Å². The summed E-state index contributed by atoms with van der Waals surface area (Å²) in [5, 5.41) is 9.93. The van der Waals surface area contributed by atoms with Crippen LogP contribution in [0.1, 0.15) is 38.5 Å². The summed E-state index contributed by atoms with van der Waals surface area (Å²) < 4.78 is 12.7. The van der Waals surface area contributed by atoms with Gasteiger partial charge in [0.1, 0.15) is 12.6 Å². The van der Waals surface area contributed by atoms with Gasteiger partial charge in [0, 0.05) is 0 Å². The minimum atomic E-state index is -0.389. The lowest BCUT2D eigenvalue weighted by atomic mass is 9.54. The van der Waals surface area contributed by atoms with Crippen LogP contribution >= 0.6 is 0 Å². The second-order valence-corrected chi connectivity index (χ2v) is 9.15. The van der Waals surface area contributed by atoms with Gasteiger partial charge >= 0.3 is 0 Å². The average molecular weight is 312 g/mol. The summed E-state index contributed by atoms with van der Waals surface area (Å²) in [6.07, 6.45) is 7.82. The van der Waals surface area contributed by atoms with E-state index in [9.17, 15) is 5.11 Å². The number of rotatable bonds is 8. The number of ether oxygens (including phenoxy) is 2. The monoisotopic (exact) mass is 312 g/mol. The summed E-state index contributed by atoms with van der Waals surface area (Å²) in [4.78, 5) is 0. The molecule has 0 spiro atoms. The van der Waals surface area contributed by atoms with Crippen LogP contribution < -0.4 is 0 Å². The Morgan fingerprint density at radius 2 is 1.55 bits per heavy atom. The molecule has 4 fully saturated rings. The zero-order valence-electron chi connectivity index (χ0n) is 14.6. The van der Waals surface area contributed by atoms with E-state index in [0.717, 1.165) is 28.8 Å². The molecule has 128 valence electrons. The van der Waals surface area contributed by atoms with Gasteiger partial charge in [0.05, 0.1) is 46.6 Å². The van der Waals surface area contributed by atoms with Crippen LogP contribution in [0.15, 0.2) is 0 Å². The van der Waals surface area contributed by atoms with Crippen LogP contribution in [-0.2, 0) is 9.47 Å². The zero-order chi connectivity index (χ0) is 15.8. The van der Waals surface area contributed by atoms with Gasteiger partial charge in [0.25, 0.3) is 0 Å².